The first-order chi connectivity index (χ1) is 3.56. The lowest BCUT2D eigenvalue weighted by Crippen LogP contribution is -2.04. The lowest BCUT2D eigenvalue weighted by molar-refractivity contribution is 0.497. The van der Waals surface area contributed by atoms with Crippen LogP contribution >= 0.6 is 21.9 Å². The van der Waals surface area contributed by atoms with E-state index in [0.29, 0.717) is 4.75 Å². The molecule has 0 aliphatic rings. The summed E-state index contributed by atoms with van der Waals surface area (Å²) in [5, 5.41) is 0. The van der Waals surface area contributed by atoms with E-state index < -0.39 is 0 Å². The van der Waals surface area contributed by atoms with E-state index in [9.17, 15) is 0 Å². The lowest BCUT2D eigenvalue weighted by Gasteiger charge is -2.13. The second-order valence-electron chi connectivity index (χ2n) is 2.43. The molecule has 0 heterocycles. The highest BCUT2D eigenvalue weighted by atomic mass is 33.1. The van der Waals surface area contributed by atoms with E-state index in [1.165, 1.54) is 11.1 Å². The normalized spacial score (nSPS) is 12.0. The van der Waals surface area contributed by atoms with Crippen molar-refractivity contribution in [3.63, 3.8) is 0 Å². The molecule has 8 heavy (non-hydrogen) atoms. The Morgan fingerprint density at radius 2 is 1.75 bits per heavy atom. The number of rotatable bonds is 2. The highest BCUT2D eigenvalue weighted by Crippen LogP contribution is 2.34. The monoisotopic (exact) mass is 152 g/mol. The van der Waals surface area contributed by atoms with Crippen molar-refractivity contribution in [2.45, 2.75) is 25.5 Å². The third-order valence-corrected chi connectivity index (χ3v) is 3.17. The molecule has 0 radical (unpaired) electrons. The summed E-state index contributed by atoms with van der Waals surface area (Å²) in [5.74, 6) is 0. The van der Waals surface area contributed by atoms with Gasteiger partial charge < -0.3 is 4.18 Å². The SMILES string of the molecule is COSSC(C)(C)C. The molecule has 0 bridgehead atoms. The Morgan fingerprint density at radius 1 is 1.25 bits per heavy atom. The molecule has 0 saturated carbocycles. The van der Waals surface area contributed by atoms with Crippen LogP contribution < -0.4 is 0 Å². The molecule has 0 aromatic rings. The Bertz CT molecular complexity index is 57.9. The minimum absolute atomic E-state index is 0.306. The summed E-state index contributed by atoms with van der Waals surface area (Å²) in [4.78, 5) is 0. The zero-order valence-electron chi connectivity index (χ0n) is 5.72. The third kappa shape index (κ3) is 6.66. The van der Waals surface area contributed by atoms with E-state index in [0.717, 1.165) is 0 Å². The Balaban J connectivity index is 3.11. The van der Waals surface area contributed by atoms with E-state index >= 15 is 0 Å². The van der Waals surface area contributed by atoms with Gasteiger partial charge in [0.1, 0.15) is 0 Å². The first kappa shape index (κ1) is 8.66. The standard InChI is InChI=1S/C5H12OS2/c1-5(2,3)7-8-6-4/h1-4H3. The molecular weight excluding hydrogens is 140 g/mol. The van der Waals surface area contributed by atoms with Crippen LogP contribution in [0.15, 0.2) is 0 Å². The third-order valence-electron chi connectivity index (χ3n) is 0.352. The lowest BCUT2D eigenvalue weighted by atomic mass is 10.3. The summed E-state index contributed by atoms with van der Waals surface area (Å²) in [7, 11) is 3.41. The smallest absolute Gasteiger partial charge is 0.0624 e. The van der Waals surface area contributed by atoms with Gasteiger partial charge in [-0.15, -0.1) is 0 Å². The largest absolute Gasteiger partial charge is 0.308 e. The fourth-order valence-electron chi connectivity index (χ4n) is 0.136. The summed E-state index contributed by atoms with van der Waals surface area (Å²) in [6, 6.07) is 0. The highest BCUT2D eigenvalue weighted by Gasteiger charge is 2.10. The van der Waals surface area contributed by atoms with Crippen molar-refractivity contribution in [2.75, 3.05) is 7.11 Å². The van der Waals surface area contributed by atoms with E-state index in [1.807, 2.05) is 0 Å². The van der Waals surface area contributed by atoms with E-state index in [-0.39, 0.29) is 0 Å². The van der Waals surface area contributed by atoms with Crippen molar-refractivity contribution in [3.8, 4) is 0 Å². The van der Waals surface area contributed by atoms with Crippen LogP contribution in [-0.2, 0) is 4.18 Å². The van der Waals surface area contributed by atoms with Crippen LogP contribution in [0.2, 0.25) is 0 Å². The Kier molecular flexibility index (Phi) is 3.94. The Hall–Kier alpha value is 0.660. The van der Waals surface area contributed by atoms with Gasteiger partial charge in [-0.05, 0) is 0 Å². The predicted octanol–water partition coefficient (Wildman–Crippen LogP) is 2.73. The van der Waals surface area contributed by atoms with Crippen molar-refractivity contribution < 1.29 is 4.18 Å². The van der Waals surface area contributed by atoms with E-state index in [2.05, 4.69) is 20.8 Å². The summed E-state index contributed by atoms with van der Waals surface area (Å²) < 4.78 is 5.10. The molecule has 50 valence electrons. The van der Waals surface area contributed by atoms with Gasteiger partial charge in [0.05, 0.1) is 18.2 Å². The fourth-order valence-corrected chi connectivity index (χ4v) is 1.22. The summed E-state index contributed by atoms with van der Waals surface area (Å²) in [5.41, 5.74) is 0. The number of hydrogen-bond donors (Lipinski definition) is 0. The molecule has 0 saturated heterocycles. The maximum absolute atomic E-state index is 4.80. The molecule has 0 fully saturated rings. The molecular formula is C5H12OS2. The average Bonchev–Trinajstić information content (AvgIpc) is 1.59. The van der Waals surface area contributed by atoms with Crippen LogP contribution in [0.25, 0.3) is 0 Å². The predicted molar refractivity (Wildman–Crippen MR) is 41.9 cm³/mol. The summed E-state index contributed by atoms with van der Waals surface area (Å²) in [6.45, 7) is 6.47. The first-order valence-electron chi connectivity index (χ1n) is 2.45. The second-order valence-corrected chi connectivity index (χ2v) is 5.20. The first-order valence-corrected chi connectivity index (χ1v) is 4.52. The van der Waals surface area contributed by atoms with Gasteiger partial charge in [-0.25, -0.2) is 0 Å². The fraction of sp³-hybridized carbons (Fsp3) is 1.00. The van der Waals surface area contributed by atoms with Gasteiger partial charge in [-0.3, -0.25) is 0 Å². The van der Waals surface area contributed by atoms with Crippen molar-refractivity contribution in [1.82, 2.24) is 0 Å². The van der Waals surface area contributed by atoms with Crippen LogP contribution in [-0.4, -0.2) is 11.9 Å². The quantitative estimate of drug-likeness (QED) is 0.445. The molecule has 0 rings (SSSR count). The summed E-state index contributed by atoms with van der Waals surface area (Å²) >= 11 is 1.43. The van der Waals surface area contributed by atoms with Crippen molar-refractivity contribution in [3.05, 3.63) is 0 Å². The second kappa shape index (κ2) is 3.64. The molecule has 0 atom stereocenters. The van der Waals surface area contributed by atoms with E-state index in [4.69, 9.17) is 4.18 Å². The van der Waals surface area contributed by atoms with Gasteiger partial charge in [0.2, 0.25) is 0 Å². The minimum Gasteiger partial charge on any atom is -0.308 e. The molecule has 0 spiro atoms. The van der Waals surface area contributed by atoms with Crippen LogP contribution in [0.1, 0.15) is 20.8 Å². The molecule has 0 aromatic heterocycles. The molecule has 3 heteroatoms. The minimum atomic E-state index is 0.306. The van der Waals surface area contributed by atoms with Crippen molar-refractivity contribution in [2.24, 2.45) is 0 Å². The molecule has 0 unspecified atom stereocenters. The molecule has 0 amide bonds. The van der Waals surface area contributed by atoms with Crippen LogP contribution in [0.5, 0.6) is 0 Å². The molecule has 0 aromatic carbocycles. The van der Waals surface area contributed by atoms with Gasteiger partial charge in [-0.2, -0.15) is 0 Å². The molecule has 1 nitrogen and oxygen atoms in total. The van der Waals surface area contributed by atoms with Crippen LogP contribution in [0, 0.1) is 0 Å². The van der Waals surface area contributed by atoms with Gasteiger partial charge in [0.25, 0.3) is 0 Å². The average molecular weight is 152 g/mol. The van der Waals surface area contributed by atoms with Gasteiger partial charge in [0.15, 0.2) is 0 Å². The van der Waals surface area contributed by atoms with Crippen molar-refractivity contribution >= 4 is 21.9 Å². The van der Waals surface area contributed by atoms with Gasteiger partial charge >= 0.3 is 0 Å². The van der Waals surface area contributed by atoms with Crippen molar-refractivity contribution in [1.29, 1.82) is 0 Å². The zero-order valence-corrected chi connectivity index (χ0v) is 7.36. The Labute approximate surface area is 59.2 Å². The van der Waals surface area contributed by atoms with Gasteiger partial charge in [-0.1, -0.05) is 31.6 Å². The topological polar surface area (TPSA) is 9.23 Å². The Morgan fingerprint density at radius 3 is 1.88 bits per heavy atom. The maximum Gasteiger partial charge on any atom is 0.0624 e. The summed E-state index contributed by atoms with van der Waals surface area (Å²) in [6.07, 6.45) is 0. The molecule has 0 N–H and O–H groups in total. The van der Waals surface area contributed by atoms with Crippen LogP contribution in [0.3, 0.4) is 0 Å². The maximum atomic E-state index is 4.80. The van der Waals surface area contributed by atoms with Crippen LogP contribution in [0.4, 0.5) is 0 Å². The molecule has 0 aliphatic carbocycles. The highest BCUT2D eigenvalue weighted by molar-refractivity contribution is 8.75. The molecule has 0 aliphatic heterocycles. The van der Waals surface area contributed by atoms with Gasteiger partial charge in [0, 0.05) is 4.75 Å². The number of hydrogen-bond acceptors (Lipinski definition) is 3. The zero-order chi connectivity index (χ0) is 6.62. The van der Waals surface area contributed by atoms with E-state index in [1.54, 1.807) is 17.9 Å².